The zero-order valence-corrected chi connectivity index (χ0v) is 28.0. The number of ether oxygens (including phenoxy) is 1. The second kappa shape index (κ2) is 14.2. The summed E-state index contributed by atoms with van der Waals surface area (Å²) in [6.45, 7) is 2.32. The van der Waals surface area contributed by atoms with Gasteiger partial charge in [-0.3, -0.25) is 9.59 Å². The maximum absolute atomic E-state index is 12.7. The van der Waals surface area contributed by atoms with Crippen LogP contribution in [-0.4, -0.2) is 49.9 Å². The van der Waals surface area contributed by atoms with Gasteiger partial charge in [0.15, 0.2) is 0 Å². The number of hydrogen-bond donors (Lipinski definition) is 1. The van der Waals surface area contributed by atoms with Crippen molar-refractivity contribution in [2.45, 2.75) is 20.1 Å². The van der Waals surface area contributed by atoms with Gasteiger partial charge in [-0.15, -0.1) is 0 Å². The van der Waals surface area contributed by atoms with Crippen LogP contribution in [0.3, 0.4) is 0 Å². The first kappa shape index (κ1) is 32.6. The Labute approximate surface area is 288 Å². The monoisotopic (exact) mass is 678 g/mol. The van der Waals surface area contributed by atoms with Gasteiger partial charge in [-0.05, 0) is 67.1 Å². The lowest BCUT2D eigenvalue weighted by atomic mass is 10.1. The van der Waals surface area contributed by atoms with Gasteiger partial charge in [-0.25, -0.2) is 9.97 Å². The molecule has 0 unspecified atom stereocenters. The molecule has 48 heavy (non-hydrogen) atoms. The molecule has 9 nitrogen and oxygen atoms in total. The molecular weight excluding hydrogens is 647 g/mol. The van der Waals surface area contributed by atoms with Crippen LogP contribution in [0.5, 0.6) is 5.75 Å². The van der Waals surface area contributed by atoms with E-state index in [1.165, 1.54) is 11.0 Å². The average Bonchev–Trinajstić information content (AvgIpc) is 3.79. The molecule has 3 aromatic carbocycles. The number of rotatable bonds is 10. The van der Waals surface area contributed by atoms with Crippen molar-refractivity contribution in [1.29, 1.82) is 0 Å². The predicted molar refractivity (Wildman–Crippen MR) is 189 cm³/mol. The van der Waals surface area contributed by atoms with Crippen molar-refractivity contribution in [2.24, 2.45) is 0 Å². The fourth-order valence-electron chi connectivity index (χ4n) is 5.31. The van der Waals surface area contributed by atoms with Crippen molar-refractivity contribution in [3.63, 3.8) is 0 Å². The fraction of sp³-hybridized carbons (Fsp3) is 0.135. The normalized spacial score (nSPS) is 11.3. The molecule has 6 aromatic rings. The van der Waals surface area contributed by atoms with Gasteiger partial charge < -0.3 is 24.1 Å². The Morgan fingerprint density at radius 1 is 0.979 bits per heavy atom. The quantitative estimate of drug-likeness (QED) is 0.152. The van der Waals surface area contributed by atoms with E-state index < -0.39 is 0 Å². The number of hydrogen-bond acceptors (Lipinski definition) is 5. The van der Waals surface area contributed by atoms with E-state index in [0.29, 0.717) is 32.6 Å². The van der Waals surface area contributed by atoms with Crippen molar-refractivity contribution in [3.8, 4) is 17.1 Å². The van der Waals surface area contributed by atoms with Crippen LogP contribution in [-0.2, 0) is 17.9 Å². The molecule has 2 amide bonds. The maximum Gasteiger partial charge on any atom is 0.253 e. The highest BCUT2D eigenvalue weighted by atomic mass is 35.5. The summed E-state index contributed by atoms with van der Waals surface area (Å²) in [5.74, 6) is 0.262. The Hall–Kier alpha value is -5.38. The number of amides is 2. The van der Waals surface area contributed by atoms with Crippen LogP contribution in [0.4, 0.5) is 0 Å². The summed E-state index contributed by atoms with van der Waals surface area (Å²) in [6, 6.07) is 22.3. The number of carbonyl (C=O) groups excluding carboxylic acids is 2. The van der Waals surface area contributed by atoms with Crippen LogP contribution >= 0.6 is 23.2 Å². The maximum atomic E-state index is 12.7. The molecule has 0 atom stereocenters. The number of fused-ring (bicyclic) bond motifs is 1. The number of carbonyl (C=O) groups is 2. The molecular formula is C37H32Cl2N6O3. The van der Waals surface area contributed by atoms with Crippen molar-refractivity contribution >= 4 is 52.0 Å². The molecule has 6 rings (SSSR count). The molecule has 0 radical (unpaired) electrons. The van der Waals surface area contributed by atoms with Gasteiger partial charge in [-0.1, -0.05) is 47.5 Å². The van der Waals surface area contributed by atoms with Crippen molar-refractivity contribution in [2.75, 3.05) is 14.1 Å². The van der Waals surface area contributed by atoms with E-state index in [1.54, 1.807) is 63.0 Å². The van der Waals surface area contributed by atoms with E-state index in [9.17, 15) is 9.59 Å². The first-order valence-electron chi connectivity index (χ1n) is 15.1. The lowest BCUT2D eigenvalue weighted by molar-refractivity contribution is -0.116. The molecule has 0 spiro atoms. The molecule has 0 aliphatic rings. The minimum Gasteiger partial charge on any atom is -0.487 e. The number of aryl methyl sites for hydroxylation is 1. The Kier molecular flexibility index (Phi) is 9.61. The summed E-state index contributed by atoms with van der Waals surface area (Å²) in [7, 11) is 3.41. The second-order valence-electron chi connectivity index (χ2n) is 11.3. The molecule has 3 heterocycles. The number of imidazole rings is 1. The third-order valence-corrected chi connectivity index (χ3v) is 8.53. The fourth-order valence-corrected chi connectivity index (χ4v) is 5.88. The van der Waals surface area contributed by atoms with Gasteiger partial charge in [-0.2, -0.15) is 0 Å². The lowest BCUT2D eigenvalue weighted by Crippen LogP contribution is -2.22. The predicted octanol–water partition coefficient (Wildman–Crippen LogP) is 7.44. The van der Waals surface area contributed by atoms with E-state index in [2.05, 4.69) is 10.3 Å². The van der Waals surface area contributed by atoms with E-state index >= 15 is 0 Å². The van der Waals surface area contributed by atoms with Crippen LogP contribution in [0.15, 0.2) is 104 Å². The molecule has 0 aliphatic heterocycles. The zero-order chi connectivity index (χ0) is 33.8. The molecule has 1 N–H and O–H groups in total. The number of benzene rings is 3. The minimum absolute atomic E-state index is 0.0792. The first-order valence-corrected chi connectivity index (χ1v) is 15.9. The summed E-state index contributed by atoms with van der Waals surface area (Å²) in [4.78, 5) is 35.3. The highest BCUT2D eigenvalue weighted by molar-refractivity contribution is 6.37. The average molecular weight is 680 g/mol. The van der Waals surface area contributed by atoms with E-state index in [4.69, 9.17) is 32.9 Å². The lowest BCUT2D eigenvalue weighted by Gasteiger charge is -2.17. The van der Waals surface area contributed by atoms with Gasteiger partial charge in [0, 0.05) is 71.7 Å². The zero-order valence-electron chi connectivity index (χ0n) is 26.5. The van der Waals surface area contributed by atoms with E-state index in [1.807, 2.05) is 70.9 Å². The minimum atomic E-state index is -0.261. The standard InChI is InChI=1S/C37H32Cl2N6O3/c1-24-20-32(44-19-17-40-23-44)28-7-4-8-33(36(28)42-24)48-22-29-30(38)14-15-31(35(29)39)45-18-5-6-27(45)21-41-34(46)16-11-25-9-12-26(13-10-25)37(47)43(2)3/h4-20,23H,21-22H2,1-3H3,(H,41,46)/b16-11+. The molecule has 0 saturated heterocycles. The number of nitrogens with zero attached hydrogens (tertiary/aromatic N) is 5. The Bertz CT molecular complexity index is 2140. The van der Waals surface area contributed by atoms with Gasteiger partial charge in [0.2, 0.25) is 5.91 Å². The van der Waals surface area contributed by atoms with E-state index in [-0.39, 0.29) is 25.0 Å². The summed E-state index contributed by atoms with van der Waals surface area (Å²) in [5.41, 5.74) is 6.05. The SMILES string of the molecule is Cc1cc(-n2ccnc2)c2cccc(OCc3c(Cl)ccc(-n4cccc4CNC(=O)/C=C/c4ccc(C(=O)N(C)C)cc4)c3Cl)c2n1. The molecule has 0 bridgehead atoms. The van der Waals surface area contributed by atoms with Gasteiger partial charge in [0.1, 0.15) is 17.9 Å². The molecule has 0 aliphatic carbocycles. The van der Waals surface area contributed by atoms with Crippen molar-refractivity contribution < 1.29 is 14.3 Å². The third kappa shape index (κ3) is 6.97. The highest BCUT2D eigenvalue weighted by Crippen LogP contribution is 2.34. The number of pyridine rings is 1. The van der Waals surface area contributed by atoms with Crippen molar-refractivity contribution in [1.82, 2.24) is 29.3 Å². The summed E-state index contributed by atoms with van der Waals surface area (Å²) < 4.78 is 10.2. The molecule has 11 heteroatoms. The number of aromatic nitrogens is 4. The van der Waals surface area contributed by atoms with Crippen LogP contribution in [0, 0.1) is 6.92 Å². The van der Waals surface area contributed by atoms with Crippen molar-refractivity contribution in [3.05, 3.63) is 142 Å². The molecule has 3 aromatic heterocycles. The molecule has 242 valence electrons. The topological polar surface area (TPSA) is 94.3 Å². The molecule has 0 saturated carbocycles. The largest absolute Gasteiger partial charge is 0.487 e. The first-order chi connectivity index (χ1) is 23.2. The van der Waals surface area contributed by atoms with Crippen LogP contribution in [0.1, 0.15) is 32.9 Å². The van der Waals surface area contributed by atoms with Crippen LogP contribution in [0.2, 0.25) is 10.0 Å². The number of halogens is 2. The smallest absolute Gasteiger partial charge is 0.253 e. The molecule has 0 fully saturated rings. The van der Waals surface area contributed by atoms with E-state index in [0.717, 1.165) is 33.5 Å². The van der Waals surface area contributed by atoms with Crippen LogP contribution in [0.25, 0.3) is 28.4 Å². The Morgan fingerprint density at radius 3 is 2.54 bits per heavy atom. The van der Waals surface area contributed by atoms with Gasteiger partial charge >= 0.3 is 0 Å². The third-order valence-electron chi connectivity index (χ3n) is 7.76. The number of nitrogens with one attached hydrogen (secondary N) is 1. The Balaban J connectivity index is 1.16. The van der Waals surface area contributed by atoms with Gasteiger partial charge in [0.25, 0.3) is 5.91 Å². The second-order valence-corrected chi connectivity index (χ2v) is 12.1. The van der Waals surface area contributed by atoms with Gasteiger partial charge in [0.05, 0.1) is 29.3 Å². The summed E-state index contributed by atoms with van der Waals surface area (Å²) in [6.07, 6.45) is 10.4. The summed E-state index contributed by atoms with van der Waals surface area (Å²) in [5, 5.41) is 4.75. The van der Waals surface area contributed by atoms with Crippen LogP contribution < -0.4 is 10.1 Å². The summed E-state index contributed by atoms with van der Waals surface area (Å²) >= 11 is 13.6. The Morgan fingerprint density at radius 2 is 1.79 bits per heavy atom. The highest BCUT2D eigenvalue weighted by Gasteiger charge is 2.17. The number of para-hydroxylation sites is 1.